The van der Waals surface area contributed by atoms with Gasteiger partial charge in [0.2, 0.25) is 11.8 Å². The second-order valence-corrected chi connectivity index (χ2v) is 6.93. The lowest BCUT2D eigenvalue weighted by molar-refractivity contribution is -0.132. The minimum atomic E-state index is -0.417. The fraction of sp³-hybridized carbons (Fsp3) is 0.400. The Morgan fingerprint density at radius 3 is 2.55 bits per heavy atom. The summed E-state index contributed by atoms with van der Waals surface area (Å²) in [6.07, 6.45) is -0.417. The van der Waals surface area contributed by atoms with Crippen molar-refractivity contribution in [3.8, 4) is 11.6 Å². The maximum absolute atomic E-state index is 12.5. The summed E-state index contributed by atoms with van der Waals surface area (Å²) >= 11 is 0. The average Bonchev–Trinajstić information content (AvgIpc) is 3.13. The summed E-state index contributed by atoms with van der Waals surface area (Å²) in [5.41, 5.74) is 0. The lowest BCUT2D eigenvalue weighted by Gasteiger charge is -2.36. The number of rotatable bonds is 5. The van der Waals surface area contributed by atoms with Crippen molar-refractivity contribution >= 4 is 17.8 Å². The molecule has 4 rings (SSSR count). The van der Waals surface area contributed by atoms with Crippen molar-refractivity contribution in [3.63, 3.8) is 0 Å². The van der Waals surface area contributed by atoms with E-state index >= 15 is 0 Å². The lowest BCUT2D eigenvalue weighted by atomic mass is 10.3. The van der Waals surface area contributed by atoms with Crippen molar-refractivity contribution in [2.45, 2.75) is 6.92 Å². The van der Waals surface area contributed by atoms with Crippen molar-refractivity contribution in [1.29, 1.82) is 0 Å². The number of hydrogen-bond acceptors (Lipinski definition) is 7. The van der Waals surface area contributed by atoms with Gasteiger partial charge in [-0.25, -0.2) is 9.78 Å². The quantitative estimate of drug-likeness (QED) is 0.758. The third-order valence-corrected chi connectivity index (χ3v) is 4.89. The second-order valence-electron chi connectivity index (χ2n) is 6.93. The zero-order chi connectivity index (χ0) is 20.2. The van der Waals surface area contributed by atoms with Gasteiger partial charge in [0.15, 0.2) is 0 Å². The molecule has 1 aromatic heterocycles. The molecule has 2 aromatic rings. The SMILES string of the molecule is Cc1nc(Oc2ccccc2)cc(N2CCN(C(=O)CN3CCOC3=O)CC2)n1. The van der Waals surface area contributed by atoms with E-state index in [0.29, 0.717) is 56.8 Å². The van der Waals surface area contributed by atoms with Crippen LogP contribution in [0.3, 0.4) is 0 Å². The largest absolute Gasteiger partial charge is 0.448 e. The molecule has 2 saturated heterocycles. The zero-order valence-electron chi connectivity index (χ0n) is 16.3. The molecule has 2 aliphatic heterocycles. The molecular formula is C20H23N5O4. The van der Waals surface area contributed by atoms with Crippen LogP contribution in [0, 0.1) is 6.92 Å². The number of ether oxygens (including phenoxy) is 2. The third kappa shape index (κ3) is 4.56. The molecule has 2 amide bonds. The van der Waals surface area contributed by atoms with Crippen molar-refractivity contribution in [3.05, 3.63) is 42.2 Å². The molecule has 0 saturated carbocycles. The number of nitrogens with zero attached hydrogens (tertiary/aromatic N) is 5. The van der Waals surface area contributed by atoms with Crippen LogP contribution in [0.5, 0.6) is 11.6 Å². The zero-order valence-corrected chi connectivity index (χ0v) is 16.3. The molecule has 0 atom stereocenters. The van der Waals surface area contributed by atoms with Gasteiger partial charge in [-0.05, 0) is 19.1 Å². The monoisotopic (exact) mass is 397 g/mol. The van der Waals surface area contributed by atoms with Crippen molar-refractivity contribution in [2.75, 3.05) is 50.8 Å². The number of anilines is 1. The number of cyclic esters (lactones) is 1. The van der Waals surface area contributed by atoms with Gasteiger partial charge in [0.25, 0.3) is 0 Å². The molecule has 152 valence electrons. The van der Waals surface area contributed by atoms with Gasteiger partial charge in [0, 0.05) is 32.2 Å². The van der Waals surface area contributed by atoms with Gasteiger partial charge in [-0.15, -0.1) is 0 Å². The first-order valence-electron chi connectivity index (χ1n) is 9.61. The fourth-order valence-electron chi connectivity index (χ4n) is 3.37. The lowest BCUT2D eigenvalue weighted by Crippen LogP contribution is -2.51. The van der Waals surface area contributed by atoms with E-state index < -0.39 is 6.09 Å². The number of amides is 2. The first-order chi connectivity index (χ1) is 14.1. The summed E-state index contributed by atoms with van der Waals surface area (Å²) in [4.78, 5) is 38.2. The number of aryl methyl sites for hydroxylation is 1. The Labute approximate surface area is 168 Å². The molecule has 0 bridgehead atoms. The topological polar surface area (TPSA) is 88.1 Å². The number of para-hydroxylation sites is 1. The van der Waals surface area contributed by atoms with Gasteiger partial charge < -0.3 is 19.3 Å². The number of carbonyl (C=O) groups is 2. The Morgan fingerprint density at radius 1 is 1.10 bits per heavy atom. The van der Waals surface area contributed by atoms with Crippen LogP contribution in [-0.2, 0) is 9.53 Å². The van der Waals surface area contributed by atoms with Crippen LogP contribution in [0.4, 0.5) is 10.6 Å². The van der Waals surface area contributed by atoms with Gasteiger partial charge in [-0.1, -0.05) is 18.2 Å². The van der Waals surface area contributed by atoms with E-state index in [-0.39, 0.29) is 12.5 Å². The minimum absolute atomic E-state index is 0.0598. The predicted octanol–water partition coefficient (Wildman–Crippen LogP) is 1.68. The van der Waals surface area contributed by atoms with Gasteiger partial charge in [0.1, 0.15) is 30.5 Å². The molecule has 0 radical (unpaired) electrons. The molecule has 29 heavy (non-hydrogen) atoms. The summed E-state index contributed by atoms with van der Waals surface area (Å²) in [6, 6.07) is 11.3. The van der Waals surface area contributed by atoms with Gasteiger partial charge in [-0.3, -0.25) is 9.69 Å². The summed E-state index contributed by atoms with van der Waals surface area (Å²) in [5.74, 6) is 2.55. The Balaban J connectivity index is 1.36. The number of hydrogen-bond donors (Lipinski definition) is 0. The Bertz CT molecular complexity index is 884. The first-order valence-corrected chi connectivity index (χ1v) is 9.61. The molecule has 9 nitrogen and oxygen atoms in total. The van der Waals surface area contributed by atoms with E-state index in [2.05, 4.69) is 14.9 Å². The Kier molecular flexibility index (Phi) is 5.46. The fourth-order valence-corrected chi connectivity index (χ4v) is 3.37. The second kappa shape index (κ2) is 8.34. The van der Waals surface area contributed by atoms with E-state index in [1.165, 1.54) is 4.90 Å². The van der Waals surface area contributed by atoms with E-state index in [9.17, 15) is 9.59 Å². The van der Waals surface area contributed by atoms with Gasteiger partial charge >= 0.3 is 6.09 Å². The molecule has 1 aromatic carbocycles. The van der Waals surface area contributed by atoms with Gasteiger partial charge in [0.05, 0.1) is 6.54 Å². The van der Waals surface area contributed by atoms with Crippen molar-refractivity contribution in [1.82, 2.24) is 19.8 Å². The van der Waals surface area contributed by atoms with Crippen LogP contribution in [0.2, 0.25) is 0 Å². The maximum Gasteiger partial charge on any atom is 0.410 e. The Hall–Kier alpha value is -3.36. The molecule has 0 aliphatic carbocycles. The maximum atomic E-state index is 12.5. The number of benzene rings is 1. The number of piperazine rings is 1. The molecule has 2 fully saturated rings. The van der Waals surface area contributed by atoms with E-state index in [0.717, 1.165) is 5.82 Å². The normalized spacial score (nSPS) is 16.7. The van der Waals surface area contributed by atoms with E-state index in [1.54, 1.807) is 4.90 Å². The Morgan fingerprint density at radius 2 is 1.86 bits per heavy atom. The first kappa shape index (κ1) is 19.0. The predicted molar refractivity (Wildman–Crippen MR) is 105 cm³/mol. The average molecular weight is 397 g/mol. The highest BCUT2D eigenvalue weighted by Crippen LogP contribution is 2.24. The molecule has 3 heterocycles. The highest BCUT2D eigenvalue weighted by molar-refractivity contribution is 5.83. The third-order valence-electron chi connectivity index (χ3n) is 4.89. The summed E-state index contributed by atoms with van der Waals surface area (Å²) < 4.78 is 10.7. The van der Waals surface area contributed by atoms with Crippen LogP contribution >= 0.6 is 0 Å². The van der Waals surface area contributed by atoms with Crippen LogP contribution in [0.25, 0.3) is 0 Å². The van der Waals surface area contributed by atoms with E-state index in [1.807, 2.05) is 43.3 Å². The highest BCUT2D eigenvalue weighted by Gasteiger charge is 2.28. The molecule has 9 heteroatoms. The van der Waals surface area contributed by atoms with Crippen LogP contribution < -0.4 is 9.64 Å². The molecular weight excluding hydrogens is 374 g/mol. The summed E-state index contributed by atoms with van der Waals surface area (Å²) in [7, 11) is 0. The summed E-state index contributed by atoms with van der Waals surface area (Å²) in [5, 5.41) is 0. The highest BCUT2D eigenvalue weighted by atomic mass is 16.6. The number of aromatic nitrogens is 2. The van der Waals surface area contributed by atoms with Crippen LogP contribution in [-0.4, -0.2) is 77.6 Å². The van der Waals surface area contributed by atoms with Gasteiger partial charge in [-0.2, -0.15) is 4.98 Å². The van der Waals surface area contributed by atoms with Crippen LogP contribution in [0.1, 0.15) is 5.82 Å². The minimum Gasteiger partial charge on any atom is -0.448 e. The standard InChI is InChI=1S/C20H23N5O4/c1-15-21-17(13-18(22-15)29-16-5-3-2-4-6-16)23-7-9-24(10-8-23)19(26)14-25-11-12-28-20(25)27/h2-6,13H,7-12,14H2,1H3. The smallest absolute Gasteiger partial charge is 0.410 e. The van der Waals surface area contributed by atoms with Crippen molar-refractivity contribution < 1.29 is 19.1 Å². The van der Waals surface area contributed by atoms with Crippen LogP contribution in [0.15, 0.2) is 36.4 Å². The molecule has 0 spiro atoms. The van der Waals surface area contributed by atoms with E-state index in [4.69, 9.17) is 9.47 Å². The number of carbonyl (C=O) groups excluding carboxylic acids is 2. The van der Waals surface area contributed by atoms with Crippen molar-refractivity contribution in [2.24, 2.45) is 0 Å². The summed E-state index contributed by atoms with van der Waals surface area (Å²) in [6.45, 7) is 5.15. The molecule has 0 N–H and O–H groups in total. The molecule has 0 unspecified atom stereocenters. The molecule has 2 aliphatic rings.